The molecule has 0 amide bonds. The van der Waals surface area contributed by atoms with Gasteiger partial charge >= 0.3 is 0 Å². The standard InChI is InChI=1S/C12H18N2O2S/c1-11(13)7-9-14-17(15,16)10-8-12-5-3-2-4-6-12/h2-6,8,10-11,14H,7,9,13H2,1H3. The predicted octanol–water partition coefficient (Wildman–Crippen LogP) is 1.31. The number of hydrogen-bond acceptors (Lipinski definition) is 3. The zero-order valence-electron chi connectivity index (χ0n) is 9.84. The summed E-state index contributed by atoms with van der Waals surface area (Å²) >= 11 is 0. The number of sulfonamides is 1. The quantitative estimate of drug-likeness (QED) is 0.804. The van der Waals surface area contributed by atoms with E-state index in [2.05, 4.69) is 4.72 Å². The van der Waals surface area contributed by atoms with Crippen molar-refractivity contribution in [3.05, 3.63) is 41.3 Å². The van der Waals surface area contributed by atoms with Gasteiger partial charge in [0.25, 0.3) is 0 Å². The SMILES string of the molecule is CC(N)CCNS(=O)(=O)C=Cc1ccccc1. The number of nitrogens with two attached hydrogens (primary N) is 1. The van der Waals surface area contributed by atoms with E-state index in [1.807, 2.05) is 37.3 Å². The van der Waals surface area contributed by atoms with Gasteiger partial charge in [0.2, 0.25) is 10.0 Å². The third-order valence-corrected chi connectivity index (χ3v) is 3.24. The van der Waals surface area contributed by atoms with E-state index in [0.717, 1.165) is 5.56 Å². The maximum Gasteiger partial charge on any atom is 0.233 e. The lowest BCUT2D eigenvalue weighted by atomic mass is 10.2. The molecule has 0 bridgehead atoms. The first-order valence-electron chi connectivity index (χ1n) is 5.48. The molecule has 5 heteroatoms. The molecule has 0 aliphatic rings. The lowest BCUT2D eigenvalue weighted by molar-refractivity contribution is 0.580. The summed E-state index contributed by atoms with van der Waals surface area (Å²) in [7, 11) is -3.36. The zero-order chi connectivity index (χ0) is 12.7. The Balaban J connectivity index is 2.52. The average molecular weight is 254 g/mol. The van der Waals surface area contributed by atoms with Crippen LogP contribution in [0.4, 0.5) is 0 Å². The Morgan fingerprint density at radius 1 is 1.35 bits per heavy atom. The molecule has 0 radical (unpaired) electrons. The Morgan fingerprint density at radius 3 is 2.59 bits per heavy atom. The smallest absolute Gasteiger partial charge is 0.233 e. The van der Waals surface area contributed by atoms with E-state index < -0.39 is 10.0 Å². The Morgan fingerprint density at radius 2 is 2.00 bits per heavy atom. The number of rotatable bonds is 6. The van der Waals surface area contributed by atoms with Gasteiger partial charge in [0.15, 0.2) is 0 Å². The molecule has 94 valence electrons. The van der Waals surface area contributed by atoms with E-state index >= 15 is 0 Å². The molecule has 1 rings (SSSR count). The minimum absolute atomic E-state index is 0.00389. The molecular weight excluding hydrogens is 236 g/mol. The van der Waals surface area contributed by atoms with Crippen molar-refractivity contribution >= 4 is 16.1 Å². The number of hydrogen-bond donors (Lipinski definition) is 2. The Kier molecular flexibility index (Phi) is 5.34. The summed E-state index contributed by atoms with van der Waals surface area (Å²) in [5, 5.41) is 1.17. The Bertz CT molecular complexity index is 453. The van der Waals surface area contributed by atoms with Gasteiger partial charge in [-0.25, -0.2) is 13.1 Å². The molecule has 1 aromatic carbocycles. The lowest BCUT2D eigenvalue weighted by Crippen LogP contribution is -2.27. The first-order chi connectivity index (χ1) is 7.99. The molecule has 0 heterocycles. The van der Waals surface area contributed by atoms with Crippen molar-refractivity contribution in [2.75, 3.05) is 6.54 Å². The van der Waals surface area contributed by atoms with Crippen LogP contribution in [0, 0.1) is 0 Å². The van der Waals surface area contributed by atoms with Crippen LogP contribution in [0.25, 0.3) is 6.08 Å². The summed E-state index contributed by atoms with van der Waals surface area (Å²) in [4.78, 5) is 0. The van der Waals surface area contributed by atoms with Crippen LogP contribution < -0.4 is 10.5 Å². The molecule has 0 saturated heterocycles. The highest BCUT2D eigenvalue weighted by atomic mass is 32.2. The number of benzene rings is 1. The molecule has 0 saturated carbocycles. The summed E-state index contributed by atoms with van der Waals surface area (Å²) < 4.78 is 25.6. The van der Waals surface area contributed by atoms with Gasteiger partial charge in [-0.15, -0.1) is 0 Å². The van der Waals surface area contributed by atoms with Crippen molar-refractivity contribution in [2.45, 2.75) is 19.4 Å². The van der Waals surface area contributed by atoms with Crippen LogP contribution in [0.15, 0.2) is 35.7 Å². The summed E-state index contributed by atoms with van der Waals surface area (Å²) in [6, 6.07) is 9.27. The van der Waals surface area contributed by atoms with Crippen LogP contribution in [0.1, 0.15) is 18.9 Å². The third kappa shape index (κ3) is 6.21. The minimum Gasteiger partial charge on any atom is -0.328 e. The lowest BCUT2D eigenvalue weighted by Gasteiger charge is -2.05. The second-order valence-corrected chi connectivity index (χ2v) is 5.57. The van der Waals surface area contributed by atoms with Gasteiger partial charge in [-0.3, -0.25) is 0 Å². The second kappa shape index (κ2) is 6.54. The van der Waals surface area contributed by atoms with Crippen molar-refractivity contribution in [2.24, 2.45) is 5.73 Å². The molecule has 0 aromatic heterocycles. The molecule has 0 aliphatic carbocycles. The van der Waals surface area contributed by atoms with E-state index in [1.54, 1.807) is 6.08 Å². The molecule has 0 fully saturated rings. The van der Waals surface area contributed by atoms with E-state index in [1.165, 1.54) is 5.41 Å². The molecular formula is C12H18N2O2S. The molecule has 0 aliphatic heterocycles. The number of nitrogens with one attached hydrogen (secondary N) is 1. The van der Waals surface area contributed by atoms with Gasteiger partial charge < -0.3 is 5.73 Å². The van der Waals surface area contributed by atoms with Crippen molar-refractivity contribution in [3.63, 3.8) is 0 Å². The first-order valence-corrected chi connectivity index (χ1v) is 7.02. The molecule has 17 heavy (non-hydrogen) atoms. The van der Waals surface area contributed by atoms with Gasteiger partial charge in [-0.05, 0) is 25.0 Å². The maximum absolute atomic E-state index is 11.5. The normalized spacial score (nSPS) is 14.0. The van der Waals surface area contributed by atoms with Crippen molar-refractivity contribution in [1.29, 1.82) is 0 Å². The maximum atomic E-state index is 11.5. The van der Waals surface area contributed by atoms with Crippen LogP contribution in [0.2, 0.25) is 0 Å². The van der Waals surface area contributed by atoms with Crippen LogP contribution in [-0.4, -0.2) is 21.0 Å². The fourth-order valence-corrected chi connectivity index (χ4v) is 2.04. The molecule has 1 aromatic rings. The van der Waals surface area contributed by atoms with Crippen LogP contribution in [-0.2, 0) is 10.0 Å². The predicted molar refractivity (Wildman–Crippen MR) is 70.7 cm³/mol. The fraction of sp³-hybridized carbons (Fsp3) is 0.333. The van der Waals surface area contributed by atoms with Gasteiger partial charge in [0, 0.05) is 18.0 Å². The van der Waals surface area contributed by atoms with Crippen molar-refractivity contribution in [1.82, 2.24) is 4.72 Å². The van der Waals surface area contributed by atoms with E-state index in [4.69, 9.17) is 5.73 Å². The van der Waals surface area contributed by atoms with Gasteiger partial charge in [-0.2, -0.15) is 0 Å². The van der Waals surface area contributed by atoms with Crippen molar-refractivity contribution < 1.29 is 8.42 Å². The van der Waals surface area contributed by atoms with Crippen LogP contribution in [0.3, 0.4) is 0 Å². The summed E-state index contributed by atoms with van der Waals surface area (Å²) in [6.45, 7) is 2.20. The molecule has 3 N–H and O–H groups in total. The highest BCUT2D eigenvalue weighted by Gasteiger charge is 2.04. The highest BCUT2D eigenvalue weighted by molar-refractivity contribution is 7.92. The fourth-order valence-electron chi connectivity index (χ4n) is 1.21. The summed E-state index contributed by atoms with van der Waals surface area (Å²) in [5.74, 6) is 0. The van der Waals surface area contributed by atoms with E-state index in [-0.39, 0.29) is 6.04 Å². The molecule has 0 spiro atoms. The minimum atomic E-state index is -3.36. The molecule has 1 unspecified atom stereocenters. The van der Waals surface area contributed by atoms with Crippen LogP contribution in [0.5, 0.6) is 0 Å². The average Bonchev–Trinajstić information content (AvgIpc) is 2.27. The van der Waals surface area contributed by atoms with E-state index in [0.29, 0.717) is 13.0 Å². The Hall–Kier alpha value is -1.17. The second-order valence-electron chi connectivity index (χ2n) is 3.92. The summed E-state index contributed by atoms with van der Waals surface area (Å²) in [5.41, 5.74) is 6.39. The monoisotopic (exact) mass is 254 g/mol. The van der Waals surface area contributed by atoms with Crippen molar-refractivity contribution in [3.8, 4) is 0 Å². The summed E-state index contributed by atoms with van der Waals surface area (Å²) in [6.07, 6.45) is 2.19. The Labute approximate surface area is 103 Å². The molecule has 4 nitrogen and oxygen atoms in total. The third-order valence-electron chi connectivity index (χ3n) is 2.14. The van der Waals surface area contributed by atoms with Gasteiger partial charge in [-0.1, -0.05) is 30.3 Å². The zero-order valence-corrected chi connectivity index (χ0v) is 10.7. The highest BCUT2D eigenvalue weighted by Crippen LogP contribution is 2.02. The topological polar surface area (TPSA) is 72.2 Å². The molecule has 1 atom stereocenters. The largest absolute Gasteiger partial charge is 0.328 e. The van der Waals surface area contributed by atoms with Crippen LogP contribution >= 0.6 is 0 Å². The van der Waals surface area contributed by atoms with Gasteiger partial charge in [0.05, 0.1) is 0 Å². The van der Waals surface area contributed by atoms with E-state index in [9.17, 15) is 8.42 Å². The van der Waals surface area contributed by atoms with Gasteiger partial charge in [0.1, 0.15) is 0 Å². The first kappa shape index (κ1) is 13.9.